The first kappa shape index (κ1) is 13.1. The normalized spacial score (nSPS) is 23.9. The van der Waals surface area contributed by atoms with Crippen LogP contribution in [0.5, 0.6) is 0 Å². The number of benzene rings is 1. The number of aryl methyl sites for hydroxylation is 1. The first-order valence-electron chi connectivity index (χ1n) is 6.05. The molecule has 0 saturated heterocycles. The third-order valence-electron chi connectivity index (χ3n) is 3.25. The van der Waals surface area contributed by atoms with Crippen molar-refractivity contribution < 1.29 is 14.7 Å². The molecule has 2 rings (SSSR count). The molecule has 1 aromatic rings. The molecule has 0 spiro atoms. The fourth-order valence-corrected chi connectivity index (χ4v) is 3.30. The summed E-state index contributed by atoms with van der Waals surface area (Å²) in [6.45, 7) is 2.01. The molecule has 18 heavy (non-hydrogen) atoms. The molecular formula is C14H16O3S. The second-order valence-corrected chi connectivity index (χ2v) is 5.97. The number of carbonyl (C=O) groups is 2. The Morgan fingerprint density at radius 2 is 2.00 bits per heavy atom. The van der Waals surface area contributed by atoms with Crippen molar-refractivity contribution in [2.24, 2.45) is 5.92 Å². The van der Waals surface area contributed by atoms with Gasteiger partial charge < -0.3 is 5.11 Å². The van der Waals surface area contributed by atoms with Gasteiger partial charge >= 0.3 is 5.97 Å². The van der Waals surface area contributed by atoms with Gasteiger partial charge in [0.05, 0.1) is 11.2 Å². The molecule has 0 bridgehead atoms. The molecule has 0 aromatic heterocycles. The van der Waals surface area contributed by atoms with E-state index < -0.39 is 5.97 Å². The molecular weight excluding hydrogens is 248 g/mol. The Morgan fingerprint density at radius 3 is 2.61 bits per heavy atom. The van der Waals surface area contributed by atoms with Crippen LogP contribution in [0.1, 0.15) is 24.8 Å². The van der Waals surface area contributed by atoms with Crippen LogP contribution < -0.4 is 0 Å². The van der Waals surface area contributed by atoms with Crippen LogP contribution in [-0.4, -0.2) is 22.1 Å². The third-order valence-corrected chi connectivity index (χ3v) is 4.53. The summed E-state index contributed by atoms with van der Waals surface area (Å²) in [6, 6.07) is 7.98. The Bertz CT molecular complexity index is 453. The third kappa shape index (κ3) is 3.13. The van der Waals surface area contributed by atoms with Gasteiger partial charge in [0.1, 0.15) is 5.78 Å². The second kappa shape index (κ2) is 5.57. The SMILES string of the molecule is Cc1ccc(SC2CC(C(=O)O)CCC2=O)cc1. The summed E-state index contributed by atoms with van der Waals surface area (Å²) >= 11 is 1.49. The molecule has 1 aliphatic carbocycles. The van der Waals surface area contributed by atoms with Crippen molar-refractivity contribution in [3.8, 4) is 0 Å². The van der Waals surface area contributed by atoms with E-state index in [1.165, 1.54) is 17.3 Å². The molecule has 0 radical (unpaired) electrons. The van der Waals surface area contributed by atoms with Crippen molar-refractivity contribution in [2.45, 2.75) is 36.3 Å². The lowest BCUT2D eigenvalue weighted by atomic mass is 9.88. The molecule has 1 saturated carbocycles. The standard InChI is InChI=1S/C14H16O3S/c1-9-2-5-11(6-3-9)18-13-8-10(14(16)17)4-7-12(13)15/h2-3,5-6,10,13H,4,7-8H2,1H3,(H,16,17). The number of rotatable bonds is 3. The highest BCUT2D eigenvalue weighted by atomic mass is 32.2. The number of carboxylic acid groups (broad SMARTS) is 1. The zero-order chi connectivity index (χ0) is 13.1. The quantitative estimate of drug-likeness (QED) is 0.912. The lowest BCUT2D eigenvalue weighted by Gasteiger charge is -2.25. The lowest BCUT2D eigenvalue weighted by Crippen LogP contribution is -2.31. The molecule has 96 valence electrons. The van der Waals surface area contributed by atoms with E-state index in [-0.39, 0.29) is 17.0 Å². The monoisotopic (exact) mass is 264 g/mol. The van der Waals surface area contributed by atoms with Crippen LogP contribution in [-0.2, 0) is 9.59 Å². The minimum Gasteiger partial charge on any atom is -0.481 e. The molecule has 3 nitrogen and oxygen atoms in total. The molecule has 4 heteroatoms. The Hall–Kier alpha value is -1.29. The van der Waals surface area contributed by atoms with E-state index in [2.05, 4.69) is 0 Å². The second-order valence-electron chi connectivity index (χ2n) is 4.70. The minimum atomic E-state index is -0.781. The van der Waals surface area contributed by atoms with E-state index in [1.807, 2.05) is 31.2 Å². The average molecular weight is 264 g/mol. The van der Waals surface area contributed by atoms with E-state index in [4.69, 9.17) is 5.11 Å². The number of hydrogen-bond acceptors (Lipinski definition) is 3. The van der Waals surface area contributed by atoms with Gasteiger partial charge in [-0.25, -0.2) is 0 Å². The van der Waals surface area contributed by atoms with Gasteiger partial charge in [-0.2, -0.15) is 0 Å². The van der Waals surface area contributed by atoms with Crippen molar-refractivity contribution in [3.63, 3.8) is 0 Å². The zero-order valence-electron chi connectivity index (χ0n) is 10.3. The lowest BCUT2D eigenvalue weighted by molar-refractivity contribution is -0.143. The van der Waals surface area contributed by atoms with Gasteiger partial charge in [-0.1, -0.05) is 17.7 Å². The van der Waals surface area contributed by atoms with Gasteiger partial charge in [0.2, 0.25) is 0 Å². The number of carbonyl (C=O) groups excluding carboxylic acids is 1. The molecule has 2 atom stereocenters. The van der Waals surface area contributed by atoms with Gasteiger partial charge in [-0.3, -0.25) is 9.59 Å². The van der Waals surface area contributed by atoms with Crippen molar-refractivity contribution >= 4 is 23.5 Å². The van der Waals surface area contributed by atoms with Gasteiger partial charge in [0.15, 0.2) is 0 Å². The summed E-state index contributed by atoms with van der Waals surface area (Å²) in [5, 5.41) is 8.82. The first-order chi connectivity index (χ1) is 8.56. The highest BCUT2D eigenvalue weighted by Gasteiger charge is 2.32. The Labute approximate surface area is 111 Å². The number of thioether (sulfide) groups is 1. The number of Topliss-reactive ketones (excluding diaryl/α,β-unsaturated/α-hetero) is 1. The van der Waals surface area contributed by atoms with E-state index >= 15 is 0 Å². The Morgan fingerprint density at radius 1 is 1.33 bits per heavy atom. The summed E-state index contributed by atoms with van der Waals surface area (Å²) in [6.07, 6.45) is 1.33. The van der Waals surface area contributed by atoms with Crippen LogP contribution in [0.3, 0.4) is 0 Å². The summed E-state index contributed by atoms with van der Waals surface area (Å²) < 4.78 is 0. The van der Waals surface area contributed by atoms with Crippen LogP contribution in [0.4, 0.5) is 0 Å². The van der Waals surface area contributed by atoms with E-state index in [1.54, 1.807) is 0 Å². The fraction of sp³-hybridized carbons (Fsp3) is 0.429. The summed E-state index contributed by atoms with van der Waals surface area (Å²) in [5.74, 6) is -0.972. The van der Waals surface area contributed by atoms with Crippen LogP contribution in [0.2, 0.25) is 0 Å². The Balaban J connectivity index is 2.04. The largest absolute Gasteiger partial charge is 0.481 e. The summed E-state index contributed by atoms with van der Waals surface area (Å²) in [7, 11) is 0. The van der Waals surface area contributed by atoms with Crippen molar-refractivity contribution in [1.82, 2.24) is 0 Å². The van der Waals surface area contributed by atoms with Gasteiger partial charge in [0.25, 0.3) is 0 Å². The van der Waals surface area contributed by atoms with Gasteiger partial charge in [0, 0.05) is 11.3 Å². The van der Waals surface area contributed by atoms with Crippen molar-refractivity contribution in [3.05, 3.63) is 29.8 Å². The zero-order valence-corrected chi connectivity index (χ0v) is 11.1. The molecule has 2 unspecified atom stereocenters. The molecule has 0 aliphatic heterocycles. The Kier molecular flexibility index (Phi) is 4.07. The highest BCUT2D eigenvalue weighted by Crippen LogP contribution is 2.34. The predicted octanol–water partition coefficient (Wildman–Crippen LogP) is 2.91. The van der Waals surface area contributed by atoms with E-state index in [9.17, 15) is 9.59 Å². The van der Waals surface area contributed by atoms with Gasteiger partial charge in [-0.15, -0.1) is 11.8 Å². The molecule has 1 fully saturated rings. The van der Waals surface area contributed by atoms with Crippen LogP contribution in [0, 0.1) is 12.8 Å². The predicted molar refractivity (Wildman–Crippen MR) is 70.8 cm³/mol. The summed E-state index contributed by atoms with van der Waals surface area (Å²) in [5.41, 5.74) is 1.18. The minimum absolute atomic E-state index is 0.179. The van der Waals surface area contributed by atoms with Crippen molar-refractivity contribution in [1.29, 1.82) is 0 Å². The van der Waals surface area contributed by atoms with Crippen LogP contribution in [0.15, 0.2) is 29.2 Å². The van der Waals surface area contributed by atoms with Crippen LogP contribution >= 0.6 is 11.8 Å². The number of carboxylic acids is 1. The smallest absolute Gasteiger partial charge is 0.306 e. The highest BCUT2D eigenvalue weighted by molar-refractivity contribution is 8.00. The average Bonchev–Trinajstić information content (AvgIpc) is 2.34. The van der Waals surface area contributed by atoms with E-state index in [0.29, 0.717) is 19.3 Å². The summed E-state index contributed by atoms with van der Waals surface area (Å²) in [4.78, 5) is 23.8. The topological polar surface area (TPSA) is 54.4 Å². The van der Waals surface area contributed by atoms with Gasteiger partial charge in [-0.05, 0) is 31.9 Å². The number of ketones is 1. The first-order valence-corrected chi connectivity index (χ1v) is 6.93. The molecule has 0 amide bonds. The van der Waals surface area contributed by atoms with E-state index in [0.717, 1.165) is 4.90 Å². The molecule has 1 aliphatic rings. The molecule has 1 aromatic carbocycles. The fourth-order valence-electron chi connectivity index (χ4n) is 2.10. The molecule has 1 N–H and O–H groups in total. The number of aliphatic carboxylic acids is 1. The maximum absolute atomic E-state index is 11.8. The maximum Gasteiger partial charge on any atom is 0.306 e. The van der Waals surface area contributed by atoms with Crippen LogP contribution in [0.25, 0.3) is 0 Å². The van der Waals surface area contributed by atoms with Crippen molar-refractivity contribution in [2.75, 3.05) is 0 Å². The molecule has 0 heterocycles. The number of hydrogen-bond donors (Lipinski definition) is 1. The maximum atomic E-state index is 11.8.